The molecule has 1 saturated heterocycles. The highest BCUT2D eigenvalue weighted by Gasteiger charge is 2.30. The Bertz CT molecular complexity index is 993. The third-order valence-corrected chi connectivity index (χ3v) is 7.27. The lowest BCUT2D eigenvalue weighted by Gasteiger charge is -2.34. The molecule has 0 atom stereocenters. The van der Waals surface area contributed by atoms with Gasteiger partial charge in [-0.05, 0) is 35.9 Å². The van der Waals surface area contributed by atoms with Crippen molar-refractivity contribution in [1.82, 2.24) is 14.5 Å². The van der Waals surface area contributed by atoms with Crippen LogP contribution in [-0.2, 0) is 16.6 Å². The molecule has 0 spiro atoms. The number of urea groups is 1. The maximum Gasteiger partial charge on any atom is 0.317 e. The predicted octanol–water partition coefficient (Wildman–Crippen LogP) is 3.22. The average Bonchev–Trinajstić information content (AvgIpc) is 2.74. The van der Waals surface area contributed by atoms with Gasteiger partial charge < -0.3 is 15.0 Å². The Morgan fingerprint density at radius 1 is 1.07 bits per heavy atom. The second kappa shape index (κ2) is 9.21. The first-order chi connectivity index (χ1) is 13.8. The van der Waals surface area contributed by atoms with Crippen LogP contribution in [0.5, 0.6) is 5.75 Å². The molecule has 29 heavy (non-hydrogen) atoms. The number of nitrogens with one attached hydrogen (secondary N) is 1. The van der Waals surface area contributed by atoms with E-state index in [0.29, 0.717) is 24.7 Å². The highest BCUT2D eigenvalue weighted by atomic mass is 35.5. The molecule has 1 N–H and O–H groups in total. The van der Waals surface area contributed by atoms with Crippen LogP contribution in [0.3, 0.4) is 0 Å². The lowest BCUT2D eigenvalue weighted by molar-refractivity contribution is 0.172. The Kier molecular flexibility index (Phi) is 6.89. The molecule has 7 nitrogen and oxygen atoms in total. The first-order valence-electron chi connectivity index (χ1n) is 8.92. The Morgan fingerprint density at radius 3 is 2.45 bits per heavy atom. The fraction of sp³-hybridized carbons (Fsp3) is 0.316. The van der Waals surface area contributed by atoms with Crippen LogP contribution in [0.25, 0.3) is 0 Å². The van der Waals surface area contributed by atoms with E-state index >= 15 is 0 Å². The number of sulfonamides is 1. The fourth-order valence-corrected chi connectivity index (χ4v) is 4.80. The van der Waals surface area contributed by atoms with Crippen LogP contribution in [0.2, 0.25) is 10.0 Å². The Labute approximate surface area is 180 Å². The van der Waals surface area contributed by atoms with Gasteiger partial charge in [0.2, 0.25) is 10.0 Å². The van der Waals surface area contributed by atoms with Crippen molar-refractivity contribution in [3.63, 3.8) is 0 Å². The first kappa shape index (κ1) is 21.7. The molecule has 10 heteroatoms. The molecule has 1 heterocycles. The fourth-order valence-electron chi connectivity index (χ4n) is 2.99. The zero-order valence-corrected chi connectivity index (χ0v) is 18.1. The largest absolute Gasteiger partial charge is 0.497 e. The van der Waals surface area contributed by atoms with E-state index in [2.05, 4.69) is 5.32 Å². The molecule has 0 aliphatic carbocycles. The number of nitrogens with zero attached hydrogens (tertiary/aromatic N) is 2. The summed E-state index contributed by atoms with van der Waals surface area (Å²) in [5.41, 5.74) is 0.915. The normalized spacial score (nSPS) is 15.2. The van der Waals surface area contributed by atoms with Gasteiger partial charge in [0.1, 0.15) is 5.75 Å². The number of benzene rings is 2. The smallest absolute Gasteiger partial charge is 0.317 e. The van der Waals surface area contributed by atoms with Crippen molar-refractivity contribution in [3.05, 3.63) is 58.1 Å². The zero-order valence-electron chi connectivity index (χ0n) is 15.8. The van der Waals surface area contributed by atoms with Crippen molar-refractivity contribution in [2.75, 3.05) is 33.3 Å². The summed E-state index contributed by atoms with van der Waals surface area (Å²) in [6.07, 6.45) is 0. The molecule has 0 unspecified atom stereocenters. The third kappa shape index (κ3) is 5.14. The van der Waals surface area contributed by atoms with Gasteiger partial charge in [-0.1, -0.05) is 35.3 Å². The summed E-state index contributed by atoms with van der Waals surface area (Å²) in [7, 11) is -2.11. The third-order valence-electron chi connectivity index (χ3n) is 4.63. The zero-order chi connectivity index (χ0) is 21.0. The Hall–Kier alpha value is -2.00. The van der Waals surface area contributed by atoms with Gasteiger partial charge in [0.15, 0.2) is 0 Å². The van der Waals surface area contributed by atoms with Gasteiger partial charge in [0.25, 0.3) is 0 Å². The van der Waals surface area contributed by atoms with E-state index in [4.69, 9.17) is 27.9 Å². The number of ether oxygens (including phenoxy) is 1. The number of amides is 2. The van der Waals surface area contributed by atoms with Crippen LogP contribution in [0.15, 0.2) is 47.4 Å². The summed E-state index contributed by atoms with van der Waals surface area (Å²) in [5, 5.41) is 3.33. The minimum atomic E-state index is -3.70. The van der Waals surface area contributed by atoms with E-state index in [0.717, 1.165) is 11.3 Å². The minimum Gasteiger partial charge on any atom is -0.497 e. The van der Waals surface area contributed by atoms with Gasteiger partial charge in [-0.15, -0.1) is 0 Å². The molecule has 1 fully saturated rings. The van der Waals surface area contributed by atoms with Crippen LogP contribution in [-0.4, -0.2) is 56.9 Å². The highest BCUT2D eigenvalue weighted by Crippen LogP contribution is 2.27. The van der Waals surface area contributed by atoms with Gasteiger partial charge in [-0.3, -0.25) is 0 Å². The average molecular weight is 458 g/mol. The van der Waals surface area contributed by atoms with Crippen molar-refractivity contribution >= 4 is 39.3 Å². The quantitative estimate of drug-likeness (QED) is 0.747. The van der Waals surface area contributed by atoms with Crippen LogP contribution in [0.1, 0.15) is 5.56 Å². The monoisotopic (exact) mass is 457 g/mol. The summed E-state index contributed by atoms with van der Waals surface area (Å²) in [4.78, 5) is 14.1. The van der Waals surface area contributed by atoms with Gasteiger partial charge in [-0.25, -0.2) is 13.2 Å². The van der Waals surface area contributed by atoms with Gasteiger partial charge in [-0.2, -0.15) is 4.31 Å². The molecule has 1 aliphatic rings. The molecule has 2 amide bonds. The first-order valence-corrected chi connectivity index (χ1v) is 11.1. The SMILES string of the molecule is COc1cccc(CNC(=O)N2CCN(S(=O)(=O)c3ccc(Cl)c(Cl)c3)CC2)c1. The van der Waals surface area contributed by atoms with Crippen LogP contribution in [0, 0.1) is 0 Å². The molecule has 0 radical (unpaired) electrons. The minimum absolute atomic E-state index is 0.0860. The summed E-state index contributed by atoms with van der Waals surface area (Å²) in [6.45, 7) is 1.36. The topological polar surface area (TPSA) is 79.0 Å². The Morgan fingerprint density at radius 2 is 1.79 bits per heavy atom. The van der Waals surface area contributed by atoms with E-state index in [9.17, 15) is 13.2 Å². The lowest BCUT2D eigenvalue weighted by Crippen LogP contribution is -2.52. The molecule has 0 aromatic heterocycles. The van der Waals surface area contributed by atoms with E-state index in [-0.39, 0.29) is 29.0 Å². The maximum atomic E-state index is 12.8. The molecule has 0 saturated carbocycles. The second-order valence-corrected chi connectivity index (χ2v) is 9.23. The van der Waals surface area contributed by atoms with Crippen molar-refractivity contribution in [3.8, 4) is 5.75 Å². The lowest BCUT2D eigenvalue weighted by atomic mass is 10.2. The number of carbonyl (C=O) groups is 1. The number of rotatable bonds is 5. The second-order valence-electron chi connectivity index (χ2n) is 6.48. The summed E-state index contributed by atoms with van der Waals surface area (Å²) in [5.74, 6) is 0.720. The number of piperazine rings is 1. The van der Waals surface area contributed by atoms with Crippen molar-refractivity contribution in [2.24, 2.45) is 0 Å². The highest BCUT2D eigenvalue weighted by molar-refractivity contribution is 7.89. The van der Waals surface area contributed by atoms with Crippen LogP contribution in [0.4, 0.5) is 4.79 Å². The van der Waals surface area contributed by atoms with Crippen LogP contribution < -0.4 is 10.1 Å². The van der Waals surface area contributed by atoms with Crippen LogP contribution >= 0.6 is 23.2 Å². The molecule has 156 valence electrons. The number of hydrogen-bond acceptors (Lipinski definition) is 4. The molecular weight excluding hydrogens is 437 g/mol. The Balaban J connectivity index is 1.56. The number of halogens is 2. The van der Waals surface area contributed by atoms with Crippen molar-refractivity contribution < 1.29 is 17.9 Å². The maximum absolute atomic E-state index is 12.8. The van der Waals surface area contributed by atoms with E-state index in [1.54, 1.807) is 12.0 Å². The van der Waals surface area contributed by atoms with E-state index in [1.165, 1.54) is 22.5 Å². The molecule has 1 aliphatic heterocycles. The summed E-state index contributed by atoms with van der Waals surface area (Å²) < 4.78 is 32.1. The van der Waals surface area contributed by atoms with Crippen molar-refractivity contribution in [1.29, 1.82) is 0 Å². The summed E-state index contributed by atoms with van der Waals surface area (Å²) in [6, 6.07) is 11.4. The molecule has 2 aromatic rings. The molecular formula is C19H21Cl2N3O4S. The van der Waals surface area contributed by atoms with E-state index < -0.39 is 10.0 Å². The number of methoxy groups -OCH3 is 1. The van der Waals surface area contributed by atoms with E-state index in [1.807, 2.05) is 24.3 Å². The summed E-state index contributed by atoms with van der Waals surface area (Å²) >= 11 is 11.8. The molecule has 2 aromatic carbocycles. The predicted molar refractivity (Wildman–Crippen MR) is 112 cm³/mol. The molecule has 3 rings (SSSR count). The molecule has 0 bridgehead atoms. The number of carbonyl (C=O) groups excluding carboxylic acids is 1. The van der Waals surface area contributed by atoms with Gasteiger partial charge in [0.05, 0.1) is 22.1 Å². The van der Waals surface area contributed by atoms with Gasteiger partial charge >= 0.3 is 6.03 Å². The standard InChI is InChI=1S/C19H21Cl2N3O4S/c1-28-15-4-2-3-14(11-15)13-22-19(25)23-7-9-24(10-8-23)29(26,27)16-5-6-17(20)18(21)12-16/h2-6,11-12H,7-10,13H2,1H3,(H,22,25). The van der Waals surface area contributed by atoms with Crippen molar-refractivity contribution in [2.45, 2.75) is 11.4 Å². The number of hydrogen-bond donors (Lipinski definition) is 1. The van der Waals surface area contributed by atoms with Gasteiger partial charge in [0, 0.05) is 32.7 Å².